The number of hydrogen-bond acceptors (Lipinski definition) is 5. The minimum atomic E-state index is -0.670. The van der Waals surface area contributed by atoms with E-state index in [9.17, 15) is 14.4 Å². The Kier molecular flexibility index (Phi) is 11.5. The predicted octanol–water partition coefficient (Wildman–Crippen LogP) is 7.13. The van der Waals surface area contributed by atoms with Gasteiger partial charge in [-0.25, -0.2) is 9.59 Å². The van der Waals surface area contributed by atoms with Gasteiger partial charge in [0.05, 0.1) is 12.3 Å². The van der Waals surface area contributed by atoms with Crippen LogP contribution in [0.15, 0.2) is 33.3 Å². The van der Waals surface area contributed by atoms with Crippen molar-refractivity contribution < 1.29 is 19.1 Å². The van der Waals surface area contributed by atoms with Gasteiger partial charge in [-0.1, -0.05) is 41.4 Å². The van der Waals surface area contributed by atoms with Gasteiger partial charge < -0.3 is 19.9 Å². The zero-order chi connectivity index (χ0) is 32.2. The van der Waals surface area contributed by atoms with E-state index in [1.165, 1.54) is 16.7 Å². The number of aromatic nitrogens is 1. The number of hydrogen-bond donors (Lipinski definition) is 1. The van der Waals surface area contributed by atoms with Crippen molar-refractivity contribution in [1.82, 2.24) is 20.1 Å². The molecule has 2 aromatic rings. The number of pyridine rings is 1. The zero-order valence-electron chi connectivity index (χ0n) is 26.3. The third-order valence-electron chi connectivity index (χ3n) is 9.63. The third kappa shape index (κ3) is 8.04. The first-order valence-corrected chi connectivity index (χ1v) is 18.1. The minimum absolute atomic E-state index is 0.0715. The van der Waals surface area contributed by atoms with Crippen LogP contribution in [-0.4, -0.2) is 71.5 Å². The molecule has 5 rings (SSSR count). The maximum absolute atomic E-state index is 13.4. The van der Waals surface area contributed by atoms with Gasteiger partial charge in [-0.15, -0.1) is 0 Å². The second-order valence-corrected chi connectivity index (χ2v) is 15.1. The van der Waals surface area contributed by atoms with Crippen molar-refractivity contribution in [2.24, 2.45) is 17.8 Å². The number of fused-ring (bicyclic) bond motifs is 2. The highest BCUT2D eigenvalue weighted by Crippen LogP contribution is 2.46. The Morgan fingerprint density at radius 3 is 2.33 bits per heavy atom. The maximum Gasteiger partial charge on any atom is 0.328 e. The van der Waals surface area contributed by atoms with E-state index in [4.69, 9.17) is 21.3 Å². The zero-order valence-corrected chi connectivity index (χ0v) is 30.2. The van der Waals surface area contributed by atoms with Crippen LogP contribution in [0.3, 0.4) is 0 Å². The SMILES string of the molecule is CCOC(=O)[C@@H](NC(=O)N1CCC(CC(=O)N2CCC([C@H]3c4ncc(Br)cc4CCc4cc(Cl)cc(Br)c43)CC2)CC1)C(C)C. The highest BCUT2D eigenvalue weighted by Gasteiger charge is 2.37. The number of carbonyl (C=O) groups excluding carboxylic acids is 3. The molecule has 0 unspecified atom stereocenters. The molecule has 11 heteroatoms. The number of nitrogens with zero attached hydrogens (tertiary/aromatic N) is 3. The summed E-state index contributed by atoms with van der Waals surface area (Å²) in [6.45, 7) is 8.43. The van der Waals surface area contributed by atoms with Gasteiger partial charge >= 0.3 is 12.0 Å². The van der Waals surface area contributed by atoms with Crippen molar-refractivity contribution >= 4 is 61.4 Å². The highest BCUT2D eigenvalue weighted by atomic mass is 79.9. The summed E-state index contributed by atoms with van der Waals surface area (Å²) in [4.78, 5) is 47.4. The molecule has 2 atom stereocenters. The molecule has 2 aliphatic heterocycles. The van der Waals surface area contributed by atoms with Crippen molar-refractivity contribution in [1.29, 1.82) is 0 Å². The molecular formula is C34H43Br2ClN4O4. The number of piperidine rings is 2. The summed E-state index contributed by atoms with van der Waals surface area (Å²) in [5.74, 6) is 0.479. The lowest BCUT2D eigenvalue weighted by Crippen LogP contribution is -2.52. The van der Waals surface area contributed by atoms with E-state index >= 15 is 0 Å². The van der Waals surface area contributed by atoms with Crippen LogP contribution in [0.5, 0.6) is 0 Å². The van der Waals surface area contributed by atoms with Crippen LogP contribution >= 0.6 is 43.5 Å². The van der Waals surface area contributed by atoms with E-state index in [1.54, 1.807) is 11.8 Å². The molecule has 2 fully saturated rings. The first-order valence-electron chi connectivity index (χ1n) is 16.2. The van der Waals surface area contributed by atoms with Gasteiger partial charge in [0.2, 0.25) is 5.91 Å². The molecule has 244 valence electrons. The summed E-state index contributed by atoms with van der Waals surface area (Å²) < 4.78 is 7.16. The fraction of sp³-hybridized carbons (Fsp3) is 0.588. The number of ether oxygens (including phenoxy) is 1. The predicted molar refractivity (Wildman–Crippen MR) is 182 cm³/mol. The molecule has 1 aromatic heterocycles. The van der Waals surface area contributed by atoms with Gasteiger partial charge in [0.25, 0.3) is 0 Å². The third-order valence-corrected chi connectivity index (χ3v) is 10.9. The van der Waals surface area contributed by atoms with Gasteiger partial charge in [0, 0.05) is 58.7 Å². The molecule has 0 bridgehead atoms. The Labute approximate surface area is 288 Å². The van der Waals surface area contributed by atoms with Gasteiger partial charge in [0.1, 0.15) is 6.04 Å². The highest BCUT2D eigenvalue weighted by molar-refractivity contribution is 9.10. The molecule has 45 heavy (non-hydrogen) atoms. The Bertz CT molecular complexity index is 1410. The molecule has 3 aliphatic rings. The van der Waals surface area contributed by atoms with E-state index in [0.717, 1.165) is 71.3 Å². The van der Waals surface area contributed by atoms with Gasteiger partial charge in [-0.3, -0.25) is 9.78 Å². The maximum atomic E-state index is 13.4. The van der Waals surface area contributed by atoms with Crippen LogP contribution in [0.25, 0.3) is 0 Å². The Hall–Kier alpha value is -2.17. The largest absolute Gasteiger partial charge is 0.464 e. The number of nitrogens with one attached hydrogen (secondary N) is 1. The molecule has 0 radical (unpaired) electrons. The fourth-order valence-electron chi connectivity index (χ4n) is 7.18. The lowest BCUT2D eigenvalue weighted by atomic mass is 9.76. The average Bonchev–Trinajstić information content (AvgIpc) is 3.16. The number of carbonyl (C=O) groups is 3. The van der Waals surface area contributed by atoms with Crippen LogP contribution in [0.2, 0.25) is 5.02 Å². The van der Waals surface area contributed by atoms with Crippen LogP contribution in [0.4, 0.5) is 4.79 Å². The Morgan fingerprint density at radius 2 is 1.67 bits per heavy atom. The number of benzene rings is 1. The lowest BCUT2D eigenvalue weighted by Gasteiger charge is -2.38. The summed E-state index contributed by atoms with van der Waals surface area (Å²) in [5.41, 5.74) is 4.97. The Morgan fingerprint density at radius 1 is 1.00 bits per heavy atom. The van der Waals surface area contributed by atoms with Crippen LogP contribution < -0.4 is 5.32 Å². The molecule has 1 N–H and O–H groups in total. The molecule has 2 saturated heterocycles. The van der Waals surface area contributed by atoms with Crippen molar-refractivity contribution in [2.45, 2.75) is 77.7 Å². The van der Waals surface area contributed by atoms with E-state index in [-0.39, 0.29) is 36.3 Å². The van der Waals surface area contributed by atoms with Crippen LogP contribution in [0, 0.1) is 17.8 Å². The molecule has 0 saturated carbocycles. The van der Waals surface area contributed by atoms with Crippen molar-refractivity contribution in [3.8, 4) is 0 Å². The number of rotatable bonds is 7. The molecule has 3 heterocycles. The van der Waals surface area contributed by atoms with E-state index in [2.05, 4.69) is 49.3 Å². The molecule has 1 aliphatic carbocycles. The van der Waals surface area contributed by atoms with Gasteiger partial charge in [-0.2, -0.15) is 0 Å². The summed E-state index contributed by atoms with van der Waals surface area (Å²) in [6, 6.07) is 5.38. The van der Waals surface area contributed by atoms with E-state index in [1.807, 2.05) is 31.0 Å². The number of likely N-dealkylation sites (tertiary alicyclic amines) is 2. The molecule has 3 amide bonds. The average molecular weight is 767 g/mol. The van der Waals surface area contributed by atoms with Crippen LogP contribution in [0.1, 0.15) is 81.2 Å². The minimum Gasteiger partial charge on any atom is -0.464 e. The number of amides is 3. The van der Waals surface area contributed by atoms with Crippen molar-refractivity contribution in [3.05, 3.63) is 60.7 Å². The quantitative estimate of drug-likeness (QED) is 0.303. The Balaban J connectivity index is 1.17. The normalized spacial score (nSPS) is 19.8. The molecule has 8 nitrogen and oxygen atoms in total. The number of urea groups is 1. The molecular weight excluding hydrogens is 724 g/mol. The fourth-order valence-corrected chi connectivity index (χ4v) is 8.68. The van der Waals surface area contributed by atoms with Crippen molar-refractivity contribution in [2.75, 3.05) is 32.8 Å². The molecule has 0 spiro atoms. The topological polar surface area (TPSA) is 91.8 Å². The second-order valence-electron chi connectivity index (χ2n) is 12.9. The smallest absolute Gasteiger partial charge is 0.328 e. The van der Waals surface area contributed by atoms with E-state index in [0.29, 0.717) is 25.4 Å². The molecule has 1 aromatic carbocycles. The second kappa shape index (κ2) is 15.2. The lowest BCUT2D eigenvalue weighted by molar-refractivity contribution is -0.146. The monoisotopic (exact) mass is 764 g/mol. The number of esters is 1. The van der Waals surface area contributed by atoms with Crippen LogP contribution in [-0.2, 0) is 27.2 Å². The summed E-state index contributed by atoms with van der Waals surface area (Å²) >= 11 is 13.9. The van der Waals surface area contributed by atoms with Gasteiger partial charge in [0.15, 0.2) is 0 Å². The number of aryl methyl sites for hydroxylation is 2. The first-order chi connectivity index (χ1) is 21.5. The number of halogens is 3. The summed E-state index contributed by atoms with van der Waals surface area (Å²) in [6.07, 6.45) is 7.61. The standard InChI is InChI=1S/C34H43Br2ClN4O4/c1-4-45-33(43)31(20(2)3)39-34(44)41-11-7-21(8-12-41)15-28(42)40-13-9-22(10-14-40)30-29-23(17-26(37)18-27(29)36)5-6-24-16-25(35)19-38-32(24)30/h16-22,30-31H,4-15H2,1-3H3,(H,39,44)/t30-,31+/m1/s1. The van der Waals surface area contributed by atoms with Gasteiger partial charge in [-0.05, 0) is 114 Å². The van der Waals surface area contributed by atoms with E-state index < -0.39 is 12.0 Å². The summed E-state index contributed by atoms with van der Waals surface area (Å²) in [5, 5.41) is 3.59. The van der Waals surface area contributed by atoms with Crippen molar-refractivity contribution in [3.63, 3.8) is 0 Å². The first kappa shape index (κ1) is 34.2. The summed E-state index contributed by atoms with van der Waals surface area (Å²) in [7, 11) is 0.